The molecule has 0 aliphatic heterocycles. The number of nitrogens with two attached hydrogens (primary N) is 1. The van der Waals surface area contributed by atoms with E-state index in [2.05, 4.69) is 25.3 Å². The number of aromatic nitrogens is 4. The van der Waals surface area contributed by atoms with Gasteiger partial charge in [-0.1, -0.05) is 11.6 Å². The molecule has 2 heterocycles. The number of aromatic amines is 1. The SMILES string of the molecule is Nc1ccc(Cl)cc1CNc1ncnc2nc[nH]c12. The molecule has 0 spiro atoms. The highest BCUT2D eigenvalue weighted by Gasteiger charge is 2.06. The predicted octanol–water partition coefficient (Wildman–Crippen LogP) is 2.20. The molecule has 0 aliphatic rings. The molecule has 0 bridgehead atoms. The lowest BCUT2D eigenvalue weighted by Gasteiger charge is -2.08. The molecule has 19 heavy (non-hydrogen) atoms. The summed E-state index contributed by atoms with van der Waals surface area (Å²) in [5.74, 6) is 0.682. The van der Waals surface area contributed by atoms with Gasteiger partial charge in [0, 0.05) is 17.3 Å². The zero-order valence-electron chi connectivity index (χ0n) is 9.89. The average Bonchev–Trinajstić information content (AvgIpc) is 2.88. The van der Waals surface area contributed by atoms with Crippen LogP contribution in [-0.4, -0.2) is 19.9 Å². The third-order valence-electron chi connectivity index (χ3n) is 2.77. The zero-order chi connectivity index (χ0) is 13.2. The molecule has 0 atom stereocenters. The number of H-pyrrole nitrogens is 1. The lowest BCUT2D eigenvalue weighted by atomic mass is 10.2. The molecule has 3 aromatic rings. The van der Waals surface area contributed by atoms with E-state index in [4.69, 9.17) is 17.3 Å². The summed E-state index contributed by atoms with van der Waals surface area (Å²) in [6.45, 7) is 0.525. The first-order valence-electron chi connectivity index (χ1n) is 5.66. The van der Waals surface area contributed by atoms with Crippen LogP contribution in [0.4, 0.5) is 11.5 Å². The molecule has 0 fully saturated rings. The van der Waals surface area contributed by atoms with Crippen molar-refractivity contribution in [3.8, 4) is 0 Å². The van der Waals surface area contributed by atoms with E-state index in [-0.39, 0.29) is 0 Å². The number of imidazole rings is 1. The first-order valence-corrected chi connectivity index (χ1v) is 6.03. The molecule has 7 heteroatoms. The molecule has 0 amide bonds. The van der Waals surface area contributed by atoms with Crippen LogP contribution < -0.4 is 11.1 Å². The van der Waals surface area contributed by atoms with Crippen molar-refractivity contribution in [1.29, 1.82) is 0 Å². The molecule has 0 unspecified atom stereocenters. The molecule has 6 nitrogen and oxygen atoms in total. The highest BCUT2D eigenvalue weighted by atomic mass is 35.5. The van der Waals surface area contributed by atoms with Gasteiger partial charge >= 0.3 is 0 Å². The molecule has 3 rings (SSSR count). The van der Waals surface area contributed by atoms with Crippen molar-refractivity contribution in [3.05, 3.63) is 41.4 Å². The molecule has 0 radical (unpaired) electrons. The molecule has 4 N–H and O–H groups in total. The number of anilines is 2. The molecule has 0 saturated heterocycles. The fourth-order valence-corrected chi connectivity index (χ4v) is 2.00. The van der Waals surface area contributed by atoms with Crippen molar-refractivity contribution < 1.29 is 0 Å². The van der Waals surface area contributed by atoms with Gasteiger partial charge in [-0.25, -0.2) is 15.0 Å². The van der Waals surface area contributed by atoms with Gasteiger partial charge in [-0.15, -0.1) is 0 Å². The number of nitrogens with one attached hydrogen (secondary N) is 2. The van der Waals surface area contributed by atoms with Crippen LogP contribution in [0.5, 0.6) is 0 Å². The Hall–Kier alpha value is -2.34. The normalized spacial score (nSPS) is 10.8. The summed E-state index contributed by atoms with van der Waals surface area (Å²) in [7, 11) is 0. The van der Waals surface area contributed by atoms with Crippen molar-refractivity contribution in [3.63, 3.8) is 0 Å². The highest BCUT2D eigenvalue weighted by molar-refractivity contribution is 6.30. The molecular weight excluding hydrogens is 264 g/mol. The van der Waals surface area contributed by atoms with E-state index in [0.29, 0.717) is 28.7 Å². The Labute approximate surface area is 114 Å². The minimum atomic E-state index is 0.525. The van der Waals surface area contributed by atoms with Crippen molar-refractivity contribution in [1.82, 2.24) is 19.9 Å². The molecule has 96 valence electrons. The Morgan fingerprint density at radius 1 is 1.26 bits per heavy atom. The molecule has 2 aromatic heterocycles. The second-order valence-corrected chi connectivity index (χ2v) is 4.46. The quantitative estimate of drug-likeness (QED) is 0.637. The Bertz CT molecular complexity index is 723. The maximum absolute atomic E-state index is 5.95. The Morgan fingerprint density at radius 2 is 2.16 bits per heavy atom. The number of halogens is 1. The standard InChI is InChI=1S/C12H11ClN6/c13-8-1-2-9(14)7(3-8)4-15-11-10-12(17-5-16-10)19-6-18-11/h1-3,5-6H,4,14H2,(H2,15,16,17,18,19). The number of nitrogen functional groups attached to an aromatic ring is 1. The monoisotopic (exact) mass is 274 g/mol. The number of hydrogen-bond acceptors (Lipinski definition) is 5. The number of nitrogens with zero attached hydrogens (tertiary/aromatic N) is 3. The van der Waals surface area contributed by atoms with Crippen LogP contribution >= 0.6 is 11.6 Å². The lowest BCUT2D eigenvalue weighted by Crippen LogP contribution is -2.05. The van der Waals surface area contributed by atoms with Crippen LogP contribution in [0.1, 0.15) is 5.56 Å². The van der Waals surface area contributed by atoms with E-state index < -0.39 is 0 Å². The van der Waals surface area contributed by atoms with E-state index in [1.54, 1.807) is 18.5 Å². The summed E-state index contributed by atoms with van der Waals surface area (Å²) in [5.41, 5.74) is 8.89. The van der Waals surface area contributed by atoms with Gasteiger partial charge < -0.3 is 16.0 Å². The van der Waals surface area contributed by atoms with Crippen LogP contribution in [-0.2, 0) is 6.54 Å². The molecular formula is C12H11ClN6. The summed E-state index contributed by atoms with van der Waals surface area (Å²) >= 11 is 5.95. The Morgan fingerprint density at radius 3 is 3.05 bits per heavy atom. The second kappa shape index (κ2) is 4.74. The van der Waals surface area contributed by atoms with Crippen LogP contribution in [0.2, 0.25) is 5.02 Å². The van der Waals surface area contributed by atoms with Crippen LogP contribution in [0.25, 0.3) is 11.2 Å². The van der Waals surface area contributed by atoms with Crippen molar-refractivity contribution in [2.75, 3.05) is 11.1 Å². The topological polar surface area (TPSA) is 92.5 Å². The largest absolute Gasteiger partial charge is 0.398 e. The number of benzene rings is 1. The van der Waals surface area contributed by atoms with Gasteiger partial charge in [0.1, 0.15) is 11.8 Å². The first kappa shape index (κ1) is 11.7. The van der Waals surface area contributed by atoms with E-state index in [1.807, 2.05) is 6.07 Å². The highest BCUT2D eigenvalue weighted by Crippen LogP contribution is 2.20. The average molecular weight is 275 g/mol. The summed E-state index contributed by atoms with van der Waals surface area (Å²) in [5, 5.41) is 3.85. The fraction of sp³-hybridized carbons (Fsp3) is 0.0833. The van der Waals surface area contributed by atoms with Gasteiger partial charge in [0.2, 0.25) is 0 Å². The fourth-order valence-electron chi connectivity index (χ4n) is 1.81. The van der Waals surface area contributed by atoms with E-state index in [1.165, 1.54) is 6.33 Å². The maximum atomic E-state index is 5.95. The molecule has 1 aromatic carbocycles. The minimum Gasteiger partial charge on any atom is -0.398 e. The van der Waals surface area contributed by atoms with Gasteiger partial charge in [-0.2, -0.15) is 0 Å². The first-order chi connectivity index (χ1) is 9.24. The lowest BCUT2D eigenvalue weighted by molar-refractivity contribution is 1.10. The summed E-state index contributed by atoms with van der Waals surface area (Å²) < 4.78 is 0. The summed E-state index contributed by atoms with van der Waals surface area (Å²) in [6, 6.07) is 5.37. The number of hydrogen-bond donors (Lipinski definition) is 3. The summed E-state index contributed by atoms with van der Waals surface area (Å²) in [4.78, 5) is 15.3. The third-order valence-corrected chi connectivity index (χ3v) is 3.01. The Kier molecular flexibility index (Phi) is 2.92. The van der Waals surface area contributed by atoms with Crippen molar-refractivity contribution in [2.24, 2.45) is 0 Å². The van der Waals surface area contributed by atoms with Crippen LogP contribution in [0, 0.1) is 0 Å². The van der Waals surface area contributed by atoms with Crippen molar-refractivity contribution in [2.45, 2.75) is 6.54 Å². The van der Waals surface area contributed by atoms with E-state index in [9.17, 15) is 0 Å². The van der Waals surface area contributed by atoms with Crippen molar-refractivity contribution >= 4 is 34.3 Å². The minimum absolute atomic E-state index is 0.525. The van der Waals surface area contributed by atoms with E-state index in [0.717, 1.165) is 11.1 Å². The Balaban J connectivity index is 1.86. The third kappa shape index (κ3) is 2.30. The van der Waals surface area contributed by atoms with Gasteiger partial charge in [0.05, 0.1) is 6.33 Å². The number of fused-ring (bicyclic) bond motifs is 1. The number of rotatable bonds is 3. The second-order valence-electron chi connectivity index (χ2n) is 4.02. The van der Waals surface area contributed by atoms with Gasteiger partial charge in [-0.3, -0.25) is 0 Å². The smallest absolute Gasteiger partial charge is 0.182 e. The van der Waals surface area contributed by atoms with Gasteiger partial charge in [0.25, 0.3) is 0 Å². The van der Waals surface area contributed by atoms with Gasteiger partial charge in [-0.05, 0) is 23.8 Å². The van der Waals surface area contributed by atoms with E-state index >= 15 is 0 Å². The predicted molar refractivity (Wildman–Crippen MR) is 74.9 cm³/mol. The van der Waals surface area contributed by atoms with Crippen LogP contribution in [0.3, 0.4) is 0 Å². The summed E-state index contributed by atoms with van der Waals surface area (Å²) in [6.07, 6.45) is 3.05. The molecule has 0 saturated carbocycles. The molecule has 0 aliphatic carbocycles. The van der Waals surface area contributed by atoms with Crippen LogP contribution in [0.15, 0.2) is 30.9 Å². The van der Waals surface area contributed by atoms with Gasteiger partial charge in [0.15, 0.2) is 11.5 Å². The maximum Gasteiger partial charge on any atom is 0.182 e. The zero-order valence-corrected chi connectivity index (χ0v) is 10.6.